The third-order valence-electron chi connectivity index (χ3n) is 3.39. The van der Waals surface area contributed by atoms with Crippen LogP contribution >= 0.6 is 0 Å². The van der Waals surface area contributed by atoms with Crippen molar-refractivity contribution in [1.29, 1.82) is 10.8 Å². The van der Waals surface area contributed by atoms with Gasteiger partial charge < -0.3 is 11.5 Å². The number of nitrogen functional groups attached to an aromatic ring is 2. The van der Waals surface area contributed by atoms with E-state index in [1.807, 2.05) is 0 Å². The molecule has 6 N–H and O–H groups in total. The monoisotopic (exact) mass is 316 g/mol. The fourth-order valence-corrected chi connectivity index (χ4v) is 2.25. The number of benzene rings is 3. The molecule has 0 aliphatic rings. The standard InChI is InChI=1S/C18H16N6/c19-11-3-1-5-13(9-11)23-16-8-7-15(21)18(17(16)22)24-14-6-2-4-12(20)10-14/h1-10,21-22H,19-20H2. The van der Waals surface area contributed by atoms with Crippen LogP contribution in [0.5, 0.6) is 0 Å². The van der Waals surface area contributed by atoms with Gasteiger partial charge >= 0.3 is 0 Å². The molecule has 6 nitrogen and oxygen atoms in total. The van der Waals surface area contributed by atoms with Gasteiger partial charge in [0.1, 0.15) is 10.7 Å². The highest BCUT2D eigenvalue weighted by molar-refractivity contribution is 5.51. The highest BCUT2D eigenvalue weighted by Crippen LogP contribution is 2.14. The van der Waals surface area contributed by atoms with Gasteiger partial charge in [0.05, 0.1) is 22.1 Å². The lowest BCUT2D eigenvalue weighted by atomic mass is 10.2. The molecule has 0 radical (unpaired) electrons. The highest BCUT2D eigenvalue weighted by atomic mass is 14.8. The Balaban J connectivity index is 2.23. The van der Waals surface area contributed by atoms with E-state index in [2.05, 4.69) is 9.98 Å². The zero-order valence-corrected chi connectivity index (χ0v) is 12.8. The average molecular weight is 316 g/mol. The second-order valence-electron chi connectivity index (χ2n) is 5.27. The topological polar surface area (TPSA) is 124 Å². The van der Waals surface area contributed by atoms with Gasteiger partial charge in [-0.25, -0.2) is 9.98 Å². The van der Waals surface area contributed by atoms with Gasteiger partial charge in [0.25, 0.3) is 0 Å². The Morgan fingerprint density at radius 2 is 1.29 bits per heavy atom. The van der Waals surface area contributed by atoms with Crippen LogP contribution in [0, 0.1) is 10.8 Å². The Morgan fingerprint density at radius 3 is 1.88 bits per heavy atom. The van der Waals surface area contributed by atoms with Crippen LogP contribution in [0.15, 0.2) is 70.6 Å². The van der Waals surface area contributed by atoms with Crippen LogP contribution in [0.25, 0.3) is 0 Å². The lowest BCUT2D eigenvalue weighted by Gasteiger charge is -1.97. The number of hydrogen-bond donors (Lipinski definition) is 4. The molecular weight excluding hydrogens is 300 g/mol. The van der Waals surface area contributed by atoms with Crippen LogP contribution in [-0.4, -0.2) is 0 Å². The van der Waals surface area contributed by atoms with Gasteiger partial charge in [-0.1, -0.05) is 12.1 Å². The van der Waals surface area contributed by atoms with Crippen molar-refractivity contribution < 1.29 is 0 Å². The minimum absolute atomic E-state index is 0.0901. The molecule has 0 saturated carbocycles. The molecule has 24 heavy (non-hydrogen) atoms. The maximum Gasteiger partial charge on any atom is 0.116 e. The minimum atomic E-state index is 0.0901. The molecule has 0 atom stereocenters. The van der Waals surface area contributed by atoms with Gasteiger partial charge in [-0.15, -0.1) is 0 Å². The molecule has 0 bridgehead atoms. The summed E-state index contributed by atoms with van der Waals surface area (Å²) >= 11 is 0. The normalized spacial score (nSPS) is 12.5. The molecule has 0 aromatic heterocycles. The molecule has 0 heterocycles. The molecular formula is C18H16N6. The van der Waals surface area contributed by atoms with Crippen LogP contribution in [-0.2, 0) is 0 Å². The zero-order valence-electron chi connectivity index (χ0n) is 12.8. The fourth-order valence-electron chi connectivity index (χ4n) is 2.25. The summed E-state index contributed by atoms with van der Waals surface area (Å²) in [5.74, 6) is 0. The molecule has 3 aromatic rings. The molecule has 0 amide bonds. The van der Waals surface area contributed by atoms with Crippen molar-refractivity contribution in [2.45, 2.75) is 0 Å². The third kappa shape index (κ3) is 3.27. The van der Waals surface area contributed by atoms with Crippen molar-refractivity contribution in [2.24, 2.45) is 9.98 Å². The lowest BCUT2D eigenvalue weighted by Crippen LogP contribution is -2.47. The number of nitrogens with zero attached hydrogens (tertiary/aromatic N) is 2. The van der Waals surface area contributed by atoms with Gasteiger partial charge in [-0.2, -0.15) is 0 Å². The van der Waals surface area contributed by atoms with Crippen LogP contribution in [0.3, 0.4) is 0 Å². The predicted molar refractivity (Wildman–Crippen MR) is 92.7 cm³/mol. The SMILES string of the molecule is N=c1ccc(=Nc2cccc(N)c2)c(=N)c1=Nc1cccc(N)c1. The summed E-state index contributed by atoms with van der Waals surface area (Å²) in [6, 6.07) is 17.3. The van der Waals surface area contributed by atoms with Gasteiger partial charge in [-0.05, 0) is 48.5 Å². The van der Waals surface area contributed by atoms with E-state index in [4.69, 9.17) is 22.3 Å². The Hall–Kier alpha value is -3.54. The average Bonchev–Trinajstić information content (AvgIpc) is 2.54. The van der Waals surface area contributed by atoms with Crippen molar-refractivity contribution in [1.82, 2.24) is 0 Å². The summed E-state index contributed by atoms with van der Waals surface area (Å²) in [5.41, 5.74) is 13.9. The quantitative estimate of drug-likeness (QED) is 0.530. The van der Waals surface area contributed by atoms with Crippen molar-refractivity contribution in [2.75, 3.05) is 11.5 Å². The molecule has 3 aromatic carbocycles. The van der Waals surface area contributed by atoms with Crippen molar-refractivity contribution in [3.05, 3.63) is 82.1 Å². The first kappa shape index (κ1) is 15.4. The molecule has 0 spiro atoms. The Labute approximate surface area is 137 Å². The summed E-state index contributed by atoms with van der Waals surface area (Å²) in [6.07, 6.45) is 0. The van der Waals surface area contributed by atoms with Gasteiger partial charge in [-0.3, -0.25) is 10.8 Å². The number of hydrogen-bond acceptors (Lipinski definition) is 6. The largest absolute Gasteiger partial charge is 0.399 e. The van der Waals surface area contributed by atoms with Crippen LogP contribution in [0.2, 0.25) is 0 Å². The minimum Gasteiger partial charge on any atom is -0.399 e. The number of nitrogens with one attached hydrogen (secondary N) is 2. The third-order valence-corrected chi connectivity index (χ3v) is 3.39. The molecule has 118 valence electrons. The van der Waals surface area contributed by atoms with Gasteiger partial charge in [0.2, 0.25) is 0 Å². The number of rotatable bonds is 2. The maximum atomic E-state index is 8.32. The van der Waals surface area contributed by atoms with E-state index >= 15 is 0 Å². The number of nitrogens with two attached hydrogens (primary N) is 2. The van der Waals surface area contributed by atoms with E-state index in [1.54, 1.807) is 60.7 Å². The van der Waals surface area contributed by atoms with E-state index in [1.165, 1.54) is 0 Å². The smallest absolute Gasteiger partial charge is 0.116 e. The van der Waals surface area contributed by atoms with E-state index in [0.29, 0.717) is 28.1 Å². The Bertz CT molecular complexity index is 1120. The second-order valence-corrected chi connectivity index (χ2v) is 5.27. The summed E-state index contributed by atoms with van der Waals surface area (Å²) in [6.45, 7) is 0. The molecule has 3 rings (SSSR count). The summed E-state index contributed by atoms with van der Waals surface area (Å²) in [5, 5.41) is 17.3. The molecule has 0 unspecified atom stereocenters. The molecule has 0 saturated heterocycles. The molecule has 6 heteroatoms. The first-order valence-corrected chi connectivity index (χ1v) is 7.28. The first-order chi connectivity index (χ1) is 11.5. The van der Waals surface area contributed by atoms with E-state index in [-0.39, 0.29) is 16.1 Å². The Morgan fingerprint density at radius 1 is 0.708 bits per heavy atom. The zero-order chi connectivity index (χ0) is 17.1. The van der Waals surface area contributed by atoms with Gasteiger partial charge in [0, 0.05) is 11.4 Å². The van der Waals surface area contributed by atoms with Gasteiger partial charge in [0.15, 0.2) is 0 Å². The predicted octanol–water partition coefficient (Wildman–Crippen LogP) is 1.15. The summed E-state index contributed by atoms with van der Waals surface area (Å²) in [4.78, 5) is 8.81. The van der Waals surface area contributed by atoms with Crippen LogP contribution in [0.1, 0.15) is 0 Å². The molecule has 0 aliphatic heterocycles. The van der Waals surface area contributed by atoms with E-state index in [9.17, 15) is 0 Å². The highest BCUT2D eigenvalue weighted by Gasteiger charge is 1.98. The fraction of sp³-hybridized carbons (Fsp3) is 0. The van der Waals surface area contributed by atoms with Crippen molar-refractivity contribution in [3.63, 3.8) is 0 Å². The molecule has 0 fully saturated rings. The summed E-state index contributed by atoms with van der Waals surface area (Å²) < 4.78 is 0. The second kappa shape index (κ2) is 6.29. The van der Waals surface area contributed by atoms with E-state index < -0.39 is 0 Å². The molecule has 0 aliphatic carbocycles. The first-order valence-electron chi connectivity index (χ1n) is 7.28. The van der Waals surface area contributed by atoms with Crippen LogP contribution in [0.4, 0.5) is 22.7 Å². The van der Waals surface area contributed by atoms with Crippen molar-refractivity contribution >= 4 is 22.7 Å². The Kier molecular flexibility index (Phi) is 4.03. The number of anilines is 2. The lowest BCUT2D eigenvalue weighted by molar-refractivity contribution is 1.05. The van der Waals surface area contributed by atoms with Crippen LogP contribution < -0.4 is 32.9 Å². The summed E-state index contributed by atoms with van der Waals surface area (Å²) in [7, 11) is 0. The van der Waals surface area contributed by atoms with Crippen molar-refractivity contribution in [3.8, 4) is 0 Å². The maximum absolute atomic E-state index is 8.32. The van der Waals surface area contributed by atoms with E-state index in [0.717, 1.165) is 0 Å².